The van der Waals surface area contributed by atoms with E-state index in [4.69, 9.17) is 5.11 Å². The van der Waals surface area contributed by atoms with E-state index >= 15 is 0 Å². The number of hydrogen-bond donors (Lipinski definition) is 3. The van der Waals surface area contributed by atoms with Gasteiger partial charge in [0.05, 0.1) is 6.10 Å². The van der Waals surface area contributed by atoms with Gasteiger partial charge in [-0.05, 0) is 37.1 Å². The molecule has 0 bridgehead atoms. The van der Waals surface area contributed by atoms with E-state index in [1.807, 2.05) is 0 Å². The van der Waals surface area contributed by atoms with Gasteiger partial charge in [0.2, 0.25) is 0 Å². The summed E-state index contributed by atoms with van der Waals surface area (Å²) >= 11 is 0. The summed E-state index contributed by atoms with van der Waals surface area (Å²) in [4.78, 5) is 0. The molecular weight excluding hydrogens is 233 g/mol. The molecule has 0 fully saturated rings. The van der Waals surface area contributed by atoms with Crippen molar-refractivity contribution in [3.05, 3.63) is 35.6 Å². The molecule has 0 saturated heterocycles. The van der Waals surface area contributed by atoms with Crippen molar-refractivity contribution in [2.24, 2.45) is 0 Å². The highest BCUT2D eigenvalue weighted by Crippen LogP contribution is 2.12. The SMILES string of the molecule is OCCCCCCNCC(O)c1ccc(F)cc1. The Bertz CT molecular complexity index is 316. The van der Waals surface area contributed by atoms with Gasteiger partial charge in [-0.15, -0.1) is 0 Å². The zero-order valence-electron chi connectivity index (χ0n) is 10.6. The molecule has 4 heteroatoms. The fourth-order valence-corrected chi connectivity index (χ4v) is 1.76. The first-order chi connectivity index (χ1) is 8.74. The quantitative estimate of drug-likeness (QED) is 0.592. The number of rotatable bonds is 9. The lowest BCUT2D eigenvalue weighted by atomic mass is 10.1. The lowest BCUT2D eigenvalue weighted by Gasteiger charge is -2.12. The molecule has 3 N–H and O–H groups in total. The highest BCUT2D eigenvalue weighted by Gasteiger charge is 2.06. The summed E-state index contributed by atoms with van der Waals surface area (Å²) in [5, 5.41) is 21.6. The number of halogens is 1. The first-order valence-electron chi connectivity index (χ1n) is 6.49. The Morgan fingerprint density at radius 2 is 1.72 bits per heavy atom. The number of nitrogens with one attached hydrogen (secondary N) is 1. The minimum absolute atomic E-state index is 0.261. The van der Waals surface area contributed by atoms with Crippen LogP contribution in [0.3, 0.4) is 0 Å². The number of aliphatic hydroxyl groups excluding tert-OH is 2. The van der Waals surface area contributed by atoms with Crippen LogP contribution in [0, 0.1) is 5.82 Å². The molecule has 0 aliphatic carbocycles. The number of benzene rings is 1. The van der Waals surface area contributed by atoms with Crippen molar-refractivity contribution in [2.45, 2.75) is 31.8 Å². The van der Waals surface area contributed by atoms with Gasteiger partial charge in [-0.2, -0.15) is 0 Å². The second kappa shape index (κ2) is 9.03. The third-order valence-electron chi connectivity index (χ3n) is 2.85. The van der Waals surface area contributed by atoms with Crippen molar-refractivity contribution in [1.29, 1.82) is 0 Å². The monoisotopic (exact) mass is 255 g/mol. The van der Waals surface area contributed by atoms with Crippen LogP contribution in [0.4, 0.5) is 4.39 Å². The number of unbranched alkanes of at least 4 members (excludes halogenated alkanes) is 3. The molecule has 0 aromatic heterocycles. The first kappa shape index (κ1) is 15.1. The molecule has 0 heterocycles. The Labute approximate surface area is 108 Å². The molecule has 18 heavy (non-hydrogen) atoms. The number of hydrogen-bond acceptors (Lipinski definition) is 3. The van der Waals surface area contributed by atoms with E-state index in [9.17, 15) is 9.50 Å². The maximum atomic E-state index is 12.7. The Morgan fingerprint density at radius 3 is 2.39 bits per heavy atom. The fraction of sp³-hybridized carbons (Fsp3) is 0.571. The Balaban J connectivity index is 2.10. The van der Waals surface area contributed by atoms with Gasteiger partial charge in [0.15, 0.2) is 0 Å². The highest BCUT2D eigenvalue weighted by atomic mass is 19.1. The zero-order valence-corrected chi connectivity index (χ0v) is 10.6. The van der Waals surface area contributed by atoms with Crippen LogP contribution in [-0.2, 0) is 0 Å². The zero-order chi connectivity index (χ0) is 13.2. The van der Waals surface area contributed by atoms with Crippen molar-refractivity contribution in [3.8, 4) is 0 Å². The summed E-state index contributed by atoms with van der Waals surface area (Å²) in [6.45, 7) is 1.59. The molecule has 0 spiro atoms. The average molecular weight is 255 g/mol. The third kappa shape index (κ3) is 6.10. The van der Waals surface area contributed by atoms with Gasteiger partial charge in [-0.3, -0.25) is 0 Å². The summed E-state index contributed by atoms with van der Waals surface area (Å²) in [6.07, 6.45) is 3.43. The molecule has 1 rings (SSSR count). The second-order valence-corrected chi connectivity index (χ2v) is 4.41. The standard InChI is InChI=1S/C14H22FNO2/c15-13-7-5-12(6-8-13)14(18)11-16-9-3-1-2-4-10-17/h5-8,14,16-18H,1-4,9-11H2. The van der Waals surface area contributed by atoms with Crippen molar-refractivity contribution in [2.75, 3.05) is 19.7 Å². The minimum Gasteiger partial charge on any atom is -0.396 e. The molecule has 0 amide bonds. The normalized spacial score (nSPS) is 12.6. The van der Waals surface area contributed by atoms with E-state index in [0.717, 1.165) is 37.8 Å². The predicted molar refractivity (Wildman–Crippen MR) is 69.8 cm³/mol. The van der Waals surface area contributed by atoms with E-state index < -0.39 is 6.10 Å². The lowest BCUT2D eigenvalue weighted by Crippen LogP contribution is -2.22. The van der Waals surface area contributed by atoms with E-state index in [-0.39, 0.29) is 12.4 Å². The van der Waals surface area contributed by atoms with Gasteiger partial charge in [0.25, 0.3) is 0 Å². The topological polar surface area (TPSA) is 52.5 Å². The van der Waals surface area contributed by atoms with Crippen molar-refractivity contribution in [3.63, 3.8) is 0 Å². The van der Waals surface area contributed by atoms with Crippen LogP contribution in [0.5, 0.6) is 0 Å². The van der Waals surface area contributed by atoms with E-state index in [2.05, 4.69) is 5.32 Å². The number of aliphatic hydroxyl groups is 2. The molecular formula is C14H22FNO2. The maximum Gasteiger partial charge on any atom is 0.123 e. The van der Waals surface area contributed by atoms with E-state index in [1.54, 1.807) is 12.1 Å². The van der Waals surface area contributed by atoms with Crippen LogP contribution in [0.1, 0.15) is 37.4 Å². The van der Waals surface area contributed by atoms with Crippen molar-refractivity contribution >= 4 is 0 Å². The van der Waals surface area contributed by atoms with Gasteiger partial charge < -0.3 is 15.5 Å². The summed E-state index contributed by atoms with van der Waals surface area (Å²) in [5.41, 5.74) is 0.726. The van der Waals surface area contributed by atoms with Crippen LogP contribution in [-0.4, -0.2) is 29.9 Å². The van der Waals surface area contributed by atoms with Gasteiger partial charge in [0, 0.05) is 13.2 Å². The second-order valence-electron chi connectivity index (χ2n) is 4.41. The van der Waals surface area contributed by atoms with Crippen molar-refractivity contribution < 1.29 is 14.6 Å². The Hall–Kier alpha value is -0.970. The largest absolute Gasteiger partial charge is 0.396 e. The molecule has 1 unspecified atom stereocenters. The molecule has 102 valence electrons. The first-order valence-corrected chi connectivity index (χ1v) is 6.49. The molecule has 1 aromatic rings. The Kier molecular flexibility index (Phi) is 7.57. The molecule has 0 aliphatic rings. The summed E-state index contributed by atoms with van der Waals surface area (Å²) < 4.78 is 12.7. The molecule has 0 saturated carbocycles. The molecule has 0 radical (unpaired) electrons. The summed E-state index contributed by atoms with van der Waals surface area (Å²) in [7, 11) is 0. The minimum atomic E-state index is -0.594. The fourth-order valence-electron chi connectivity index (χ4n) is 1.76. The van der Waals surface area contributed by atoms with Gasteiger partial charge in [0.1, 0.15) is 5.82 Å². The van der Waals surface area contributed by atoms with Crippen molar-refractivity contribution in [1.82, 2.24) is 5.32 Å². The lowest BCUT2D eigenvalue weighted by molar-refractivity contribution is 0.174. The summed E-state index contributed by atoms with van der Waals surface area (Å²) in [5.74, 6) is -0.289. The molecule has 1 atom stereocenters. The molecule has 3 nitrogen and oxygen atoms in total. The molecule has 0 aliphatic heterocycles. The smallest absolute Gasteiger partial charge is 0.123 e. The van der Waals surface area contributed by atoms with Gasteiger partial charge in [-0.1, -0.05) is 25.0 Å². The highest BCUT2D eigenvalue weighted by molar-refractivity contribution is 5.18. The van der Waals surface area contributed by atoms with Crippen LogP contribution in [0.2, 0.25) is 0 Å². The van der Waals surface area contributed by atoms with Crippen LogP contribution in [0.15, 0.2) is 24.3 Å². The molecule has 1 aromatic carbocycles. The maximum absolute atomic E-state index is 12.7. The van der Waals surface area contributed by atoms with E-state index in [1.165, 1.54) is 12.1 Å². The third-order valence-corrected chi connectivity index (χ3v) is 2.85. The van der Waals surface area contributed by atoms with Gasteiger partial charge >= 0.3 is 0 Å². The van der Waals surface area contributed by atoms with Crippen LogP contribution < -0.4 is 5.32 Å². The Morgan fingerprint density at radius 1 is 1.06 bits per heavy atom. The van der Waals surface area contributed by atoms with Gasteiger partial charge in [-0.25, -0.2) is 4.39 Å². The average Bonchev–Trinajstić information content (AvgIpc) is 2.38. The van der Waals surface area contributed by atoms with E-state index in [0.29, 0.717) is 6.54 Å². The summed E-state index contributed by atoms with van der Waals surface area (Å²) in [6, 6.07) is 5.91. The van der Waals surface area contributed by atoms with Crippen LogP contribution in [0.25, 0.3) is 0 Å². The predicted octanol–water partition coefficient (Wildman–Crippen LogP) is 2.00. The van der Waals surface area contributed by atoms with Crippen LogP contribution >= 0.6 is 0 Å².